The maximum atomic E-state index is 5.82. The lowest BCUT2D eigenvalue weighted by atomic mass is 10.2. The zero-order valence-electron chi connectivity index (χ0n) is 7.85. The molecule has 2 nitrogen and oxygen atoms in total. The molecule has 2 aromatic rings. The molecule has 4 heteroatoms. The van der Waals surface area contributed by atoms with Crippen molar-refractivity contribution in [3.05, 3.63) is 40.6 Å². The number of hydrogen-bond donors (Lipinski definition) is 0. The van der Waals surface area contributed by atoms with Crippen LogP contribution >= 0.6 is 22.9 Å². The molecule has 0 aromatic carbocycles. The van der Waals surface area contributed by atoms with Gasteiger partial charge in [0.1, 0.15) is 0 Å². The van der Waals surface area contributed by atoms with Crippen molar-refractivity contribution >= 4 is 22.9 Å². The van der Waals surface area contributed by atoms with Gasteiger partial charge in [0.25, 0.3) is 0 Å². The molecule has 0 radical (unpaired) electrons. The van der Waals surface area contributed by atoms with Crippen molar-refractivity contribution in [2.24, 2.45) is 0 Å². The van der Waals surface area contributed by atoms with Gasteiger partial charge in [0.05, 0.1) is 23.9 Å². The van der Waals surface area contributed by atoms with Crippen LogP contribution in [0.4, 0.5) is 0 Å². The first kappa shape index (κ1) is 9.74. The Morgan fingerprint density at radius 1 is 1.64 bits per heavy atom. The maximum Gasteiger partial charge on any atom is 0.0954 e. The highest BCUT2D eigenvalue weighted by molar-refractivity contribution is 7.07. The van der Waals surface area contributed by atoms with E-state index in [2.05, 4.69) is 33.3 Å². The van der Waals surface area contributed by atoms with Crippen LogP contribution in [0, 0.1) is 0 Å². The number of alkyl halides is 1. The Balaban J connectivity index is 2.31. The zero-order valence-corrected chi connectivity index (χ0v) is 9.42. The van der Waals surface area contributed by atoms with Crippen molar-refractivity contribution in [1.82, 2.24) is 9.55 Å². The molecule has 0 aliphatic heterocycles. The maximum absolute atomic E-state index is 5.82. The molecule has 0 bridgehead atoms. The quantitative estimate of drug-likeness (QED) is 0.735. The van der Waals surface area contributed by atoms with Crippen LogP contribution in [-0.2, 0) is 5.88 Å². The van der Waals surface area contributed by atoms with E-state index in [9.17, 15) is 0 Å². The Labute approximate surface area is 92.2 Å². The lowest BCUT2D eigenvalue weighted by Gasteiger charge is -2.14. The minimum atomic E-state index is 0.317. The first-order chi connectivity index (χ1) is 6.83. The summed E-state index contributed by atoms with van der Waals surface area (Å²) >= 11 is 7.53. The van der Waals surface area contributed by atoms with Gasteiger partial charge in [0.15, 0.2) is 0 Å². The van der Waals surface area contributed by atoms with E-state index in [4.69, 9.17) is 11.6 Å². The van der Waals surface area contributed by atoms with E-state index in [0.29, 0.717) is 11.9 Å². The molecule has 1 atom stereocenters. The van der Waals surface area contributed by atoms with Gasteiger partial charge in [0.2, 0.25) is 0 Å². The number of hydrogen-bond acceptors (Lipinski definition) is 2. The van der Waals surface area contributed by atoms with Crippen LogP contribution in [0.15, 0.2) is 29.4 Å². The van der Waals surface area contributed by atoms with Gasteiger partial charge in [0, 0.05) is 6.20 Å². The molecule has 0 aliphatic carbocycles. The lowest BCUT2D eigenvalue weighted by Crippen LogP contribution is -2.07. The first-order valence-corrected chi connectivity index (χ1v) is 5.89. The molecular weight excluding hydrogens is 216 g/mol. The predicted molar refractivity (Wildman–Crippen MR) is 59.9 cm³/mol. The molecule has 0 spiro atoms. The summed E-state index contributed by atoms with van der Waals surface area (Å²) < 4.78 is 2.11. The normalized spacial score (nSPS) is 13.0. The topological polar surface area (TPSA) is 17.8 Å². The largest absolute Gasteiger partial charge is 0.326 e. The average Bonchev–Trinajstić information content (AvgIpc) is 2.87. The summed E-state index contributed by atoms with van der Waals surface area (Å²) in [4.78, 5) is 4.11. The minimum Gasteiger partial charge on any atom is -0.326 e. The van der Waals surface area contributed by atoms with Crippen LogP contribution in [0.5, 0.6) is 0 Å². The summed E-state index contributed by atoms with van der Waals surface area (Å²) in [6, 6.07) is 2.45. The van der Waals surface area contributed by atoms with E-state index in [1.54, 1.807) is 11.3 Å². The number of aromatic nitrogens is 2. The van der Waals surface area contributed by atoms with E-state index in [1.165, 1.54) is 5.56 Å². The van der Waals surface area contributed by atoms with Crippen molar-refractivity contribution < 1.29 is 0 Å². The fourth-order valence-electron chi connectivity index (χ4n) is 1.46. The molecule has 2 aromatic heterocycles. The highest BCUT2D eigenvalue weighted by Gasteiger charge is 2.10. The second kappa shape index (κ2) is 4.15. The molecule has 0 N–H and O–H groups in total. The van der Waals surface area contributed by atoms with E-state index in [1.807, 2.05) is 12.5 Å². The summed E-state index contributed by atoms with van der Waals surface area (Å²) in [6.45, 7) is 2.15. The molecule has 0 saturated carbocycles. The van der Waals surface area contributed by atoms with Crippen LogP contribution in [0.2, 0.25) is 0 Å². The lowest BCUT2D eigenvalue weighted by molar-refractivity contribution is 0.622. The molecular formula is C10H11ClN2S. The predicted octanol–water partition coefficient (Wildman–Crippen LogP) is 3.29. The number of halogens is 1. The Kier molecular flexibility index (Phi) is 2.89. The third kappa shape index (κ3) is 1.70. The van der Waals surface area contributed by atoms with Crippen LogP contribution in [0.1, 0.15) is 24.2 Å². The van der Waals surface area contributed by atoms with E-state index in [-0.39, 0.29) is 0 Å². The molecule has 0 fully saturated rings. The van der Waals surface area contributed by atoms with Crippen molar-refractivity contribution in [1.29, 1.82) is 0 Å². The van der Waals surface area contributed by atoms with Crippen molar-refractivity contribution in [3.63, 3.8) is 0 Å². The summed E-state index contributed by atoms with van der Waals surface area (Å²) in [5.74, 6) is 0.508. The molecule has 2 rings (SSSR count). The fourth-order valence-corrected chi connectivity index (χ4v) is 2.41. The second-order valence-electron chi connectivity index (χ2n) is 3.16. The summed E-state index contributed by atoms with van der Waals surface area (Å²) in [5.41, 5.74) is 2.37. The minimum absolute atomic E-state index is 0.317. The SMILES string of the molecule is CC(c1ccsc1)n1cncc1CCl. The highest BCUT2D eigenvalue weighted by atomic mass is 35.5. The molecule has 0 aliphatic rings. The second-order valence-corrected chi connectivity index (χ2v) is 4.21. The number of imidazole rings is 1. The van der Waals surface area contributed by atoms with Crippen molar-refractivity contribution in [3.8, 4) is 0 Å². The van der Waals surface area contributed by atoms with Crippen LogP contribution in [0.25, 0.3) is 0 Å². The Morgan fingerprint density at radius 2 is 2.50 bits per heavy atom. The summed E-state index contributed by atoms with van der Waals surface area (Å²) in [7, 11) is 0. The fraction of sp³-hybridized carbons (Fsp3) is 0.300. The summed E-state index contributed by atoms with van der Waals surface area (Å²) in [6.07, 6.45) is 3.65. The zero-order chi connectivity index (χ0) is 9.97. The number of rotatable bonds is 3. The van der Waals surface area contributed by atoms with Crippen molar-refractivity contribution in [2.45, 2.75) is 18.8 Å². The van der Waals surface area contributed by atoms with Gasteiger partial charge in [-0.1, -0.05) is 0 Å². The Morgan fingerprint density at radius 3 is 3.14 bits per heavy atom. The number of thiophene rings is 1. The van der Waals surface area contributed by atoms with E-state index < -0.39 is 0 Å². The Hall–Kier alpha value is -0.800. The van der Waals surface area contributed by atoms with Crippen LogP contribution in [-0.4, -0.2) is 9.55 Å². The molecule has 0 saturated heterocycles. The van der Waals surface area contributed by atoms with Crippen LogP contribution < -0.4 is 0 Å². The van der Waals surface area contributed by atoms with Gasteiger partial charge in [-0.05, 0) is 29.3 Å². The first-order valence-electron chi connectivity index (χ1n) is 4.41. The van der Waals surface area contributed by atoms with E-state index in [0.717, 1.165) is 5.69 Å². The Bertz CT molecular complexity index is 394. The molecule has 0 amide bonds. The highest BCUT2D eigenvalue weighted by Crippen LogP contribution is 2.22. The standard InChI is InChI=1S/C10H11ClN2S/c1-8(9-2-3-14-6-9)13-7-12-5-10(13)4-11/h2-3,5-8H,4H2,1H3. The van der Waals surface area contributed by atoms with Crippen molar-refractivity contribution in [2.75, 3.05) is 0 Å². The molecule has 74 valence electrons. The average molecular weight is 227 g/mol. The smallest absolute Gasteiger partial charge is 0.0954 e. The molecule has 2 heterocycles. The summed E-state index contributed by atoms with van der Waals surface area (Å²) in [5, 5.41) is 4.24. The third-order valence-electron chi connectivity index (χ3n) is 2.33. The van der Waals surface area contributed by atoms with Gasteiger partial charge in [-0.15, -0.1) is 11.6 Å². The van der Waals surface area contributed by atoms with Gasteiger partial charge >= 0.3 is 0 Å². The van der Waals surface area contributed by atoms with Crippen LogP contribution in [0.3, 0.4) is 0 Å². The van der Waals surface area contributed by atoms with Gasteiger partial charge in [-0.25, -0.2) is 4.98 Å². The molecule has 14 heavy (non-hydrogen) atoms. The number of nitrogens with zero attached hydrogens (tertiary/aromatic N) is 2. The van der Waals surface area contributed by atoms with Gasteiger partial charge in [-0.3, -0.25) is 0 Å². The molecule has 1 unspecified atom stereocenters. The third-order valence-corrected chi connectivity index (χ3v) is 3.30. The van der Waals surface area contributed by atoms with Gasteiger partial charge in [-0.2, -0.15) is 11.3 Å². The van der Waals surface area contributed by atoms with E-state index >= 15 is 0 Å². The monoisotopic (exact) mass is 226 g/mol. The van der Waals surface area contributed by atoms with Gasteiger partial charge < -0.3 is 4.57 Å².